The van der Waals surface area contributed by atoms with Crippen molar-refractivity contribution >= 4 is 21.6 Å². The lowest BCUT2D eigenvalue weighted by molar-refractivity contribution is 0.475. The molecule has 1 aromatic carbocycles. The van der Waals surface area contributed by atoms with E-state index in [9.17, 15) is 0 Å². The number of hydrogen-bond acceptors (Lipinski definition) is 3. The van der Waals surface area contributed by atoms with Crippen molar-refractivity contribution in [2.75, 3.05) is 0 Å². The fourth-order valence-electron chi connectivity index (χ4n) is 0.887. The molecule has 1 aliphatic heterocycles. The Hall–Kier alpha value is -0.540. The third-order valence-electron chi connectivity index (χ3n) is 1.69. The van der Waals surface area contributed by atoms with Crippen molar-refractivity contribution in [3.63, 3.8) is 0 Å². The predicted octanol–water partition coefficient (Wildman–Crippen LogP) is 4.07. The van der Waals surface area contributed by atoms with E-state index in [1.165, 1.54) is 6.42 Å². The highest BCUT2D eigenvalue weighted by molar-refractivity contribution is 8.78. The van der Waals surface area contributed by atoms with Crippen LogP contribution in [0.25, 0.3) is 0 Å². The van der Waals surface area contributed by atoms with E-state index in [2.05, 4.69) is 18.4 Å². The molecule has 2 rings (SSSR count). The normalized spacial score (nSPS) is 18.8. The average Bonchev–Trinajstić information content (AvgIpc) is 2.72. The average molecular weight is 226 g/mol. The molecule has 0 spiro atoms. The van der Waals surface area contributed by atoms with Crippen molar-refractivity contribution < 1.29 is 5.11 Å². The standard InChI is InChI=1S/C6H6O.C5H8S2/c7-6-4-2-1-3-5-6;1-2-5-3-4-6-7-5/h1-5,7H;3-5H,2H2,1H3. The summed E-state index contributed by atoms with van der Waals surface area (Å²) in [6.07, 6.45) is 3.53. The van der Waals surface area contributed by atoms with E-state index < -0.39 is 0 Å². The number of benzene rings is 1. The Balaban J connectivity index is 0.000000140. The van der Waals surface area contributed by atoms with Gasteiger partial charge in [0.25, 0.3) is 0 Å². The van der Waals surface area contributed by atoms with Gasteiger partial charge in [-0.1, -0.05) is 52.8 Å². The number of para-hydroxylation sites is 1. The fraction of sp³-hybridized carbons (Fsp3) is 0.273. The van der Waals surface area contributed by atoms with Crippen LogP contribution in [0.4, 0.5) is 0 Å². The van der Waals surface area contributed by atoms with Crippen LogP contribution in [0.2, 0.25) is 0 Å². The molecular formula is C11H14OS2. The number of aromatic hydroxyl groups is 1. The molecule has 0 fully saturated rings. The van der Waals surface area contributed by atoms with Gasteiger partial charge in [-0.05, 0) is 24.0 Å². The van der Waals surface area contributed by atoms with Crippen molar-refractivity contribution in [2.45, 2.75) is 18.6 Å². The summed E-state index contributed by atoms with van der Waals surface area (Å²) < 4.78 is 0. The number of phenolic OH excluding ortho intramolecular Hbond substituents is 1. The van der Waals surface area contributed by atoms with Crippen LogP contribution < -0.4 is 0 Å². The van der Waals surface area contributed by atoms with Crippen molar-refractivity contribution in [1.29, 1.82) is 0 Å². The van der Waals surface area contributed by atoms with Gasteiger partial charge in [0.2, 0.25) is 0 Å². The minimum absolute atomic E-state index is 0.322. The zero-order chi connectivity index (χ0) is 10.2. The molecule has 3 heteroatoms. The monoisotopic (exact) mass is 226 g/mol. The highest BCUT2D eigenvalue weighted by Gasteiger charge is 2.05. The molecule has 1 unspecified atom stereocenters. The topological polar surface area (TPSA) is 20.2 Å². The Bertz CT molecular complexity index is 272. The van der Waals surface area contributed by atoms with E-state index in [4.69, 9.17) is 5.11 Å². The SMILES string of the molecule is CCC1C=CSS1.Oc1ccccc1. The van der Waals surface area contributed by atoms with Crippen molar-refractivity contribution in [3.05, 3.63) is 41.8 Å². The second-order valence-corrected chi connectivity index (χ2v) is 5.22. The Morgan fingerprint density at radius 2 is 2.00 bits per heavy atom. The molecule has 14 heavy (non-hydrogen) atoms. The third-order valence-corrected chi connectivity index (χ3v) is 4.21. The van der Waals surface area contributed by atoms with Gasteiger partial charge in [-0.3, -0.25) is 0 Å². The van der Waals surface area contributed by atoms with E-state index in [1.54, 1.807) is 24.3 Å². The maximum Gasteiger partial charge on any atom is 0.115 e. The molecule has 1 aliphatic rings. The van der Waals surface area contributed by atoms with E-state index in [0.717, 1.165) is 5.25 Å². The summed E-state index contributed by atoms with van der Waals surface area (Å²) in [5, 5.41) is 11.6. The summed E-state index contributed by atoms with van der Waals surface area (Å²) in [6, 6.07) is 8.71. The van der Waals surface area contributed by atoms with Gasteiger partial charge < -0.3 is 5.11 Å². The molecule has 0 aromatic heterocycles. The summed E-state index contributed by atoms with van der Waals surface area (Å²) in [7, 11) is 3.79. The molecule has 1 atom stereocenters. The molecule has 76 valence electrons. The summed E-state index contributed by atoms with van der Waals surface area (Å²) in [4.78, 5) is 0. The van der Waals surface area contributed by atoms with Gasteiger partial charge in [-0.2, -0.15) is 0 Å². The maximum absolute atomic E-state index is 8.63. The largest absolute Gasteiger partial charge is 0.508 e. The molecular weight excluding hydrogens is 212 g/mol. The van der Waals surface area contributed by atoms with Gasteiger partial charge in [0.05, 0.1) is 0 Å². The van der Waals surface area contributed by atoms with Crippen LogP contribution in [0, 0.1) is 0 Å². The molecule has 1 heterocycles. The van der Waals surface area contributed by atoms with Crippen LogP contribution >= 0.6 is 21.6 Å². The Morgan fingerprint density at radius 1 is 1.29 bits per heavy atom. The molecule has 1 N–H and O–H groups in total. The minimum atomic E-state index is 0.322. The minimum Gasteiger partial charge on any atom is -0.508 e. The zero-order valence-electron chi connectivity index (χ0n) is 8.09. The van der Waals surface area contributed by atoms with E-state index in [1.807, 2.05) is 27.7 Å². The molecule has 0 saturated carbocycles. The summed E-state index contributed by atoms with van der Waals surface area (Å²) in [5.41, 5.74) is 0. The Labute approximate surface area is 93.0 Å². The first-order valence-corrected chi connectivity index (χ1v) is 6.83. The maximum atomic E-state index is 8.63. The Kier molecular flexibility index (Phi) is 5.64. The van der Waals surface area contributed by atoms with Crippen LogP contribution in [-0.4, -0.2) is 10.4 Å². The summed E-state index contributed by atoms with van der Waals surface area (Å²) in [6.45, 7) is 2.22. The van der Waals surface area contributed by atoms with Gasteiger partial charge in [0.15, 0.2) is 0 Å². The van der Waals surface area contributed by atoms with Crippen molar-refractivity contribution in [1.82, 2.24) is 0 Å². The van der Waals surface area contributed by atoms with Gasteiger partial charge in [-0.25, -0.2) is 0 Å². The van der Waals surface area contributed by atoms with Crippen LogP contribution in [-0.2, 0) is 0 Å². The molecule has 1 aromatic rings. The molecule has 0 saturated heterocycles. The zero-order valence-corrected chi connectivity index (χ0v) is 9.72. The summed E-state index contributed by atoms with van der Waals surface area (Å²) in [5.74, 6) is 0.322. The first-order chi connectivity index (χ1) is 6.83. The van der Waals surface area contributed by atoms with E-state index >= 15 is 0 Å². The van der Waals surface area contributed by atoms with Gasteiger partial charge in [0, 0.05) is 5.25 Å². The highest BCUT2D eigenvalue weighted by atomic mass is 33.1. The lowest BCUT2D eigenvalue weighted by Crippen LogP contribution is -1.86. The van der Waals surface area contributed by atoms with Crippen LogP contribution in [0.1, 0.15) is 13.3 Å². The van der Waals surface area contributed by atoms with Crippen LogP contribution in [0.5, 0.6) is 5.75 Å². The summed E-state index contributed by atoms with van der Waals surface area (Å²) >= 11 is 0. The van der Waals surface area contributed by atoms with Gasteiger partial charge in [-0.15, -0.1) is 0 Å². The highest BCUT2D eigenvalue weighted by Crippen LogP contribution is 2.36. The number of phenols is 1. The molecule has 0 aliphatic carbocycles. The first-order valence-electron chi connectivity index (χ1n) is 4.55. The lowest BCUT2D eigenvalue weighted by atomic mass is 10.3. The Morgan fingerprint density at radius 3 is 2.29 bits per heavy atom. The van der Waals surface area contributed by atoms with Crippen molar-refractivity contribution in [2.24, 2.45) is 0 Å². The first kappa shape index (κ1) is 11.5. The van der Waals surface area contributed by atoms with Gasteiger partial charge >= 0.3 is 0 Å². The third kappa shape index (κ3) is 4.63. The van der Waals surface area contributed by atoms with Crippen molar-refractivity contribution in [3.8, 4) is 5.75 Å². The van der Waals surface area contributed by atoms with Gasteiger partial charge in [0.1, 0.15) is 5.75 Å². The second-order valence-electron chi connectivity index (χ2n) is 2.80. The molecule has 0 bridgehead atoms. The smallest absolute Gasteiger partial charge is 0.115 e. The predicted molar refractivity (Wildman–Crippen MR) is 66.5 cm³/mol. The van der Waals surface area contributed by atoms with Crippen LogP contribution in [0.3, 0.4) is 0 Å². The molecule has 0 radical (unpaired) electrons. The number of rotatable bonds is 1. The van der Waals surface area contributed by atoms with E-state index in [-0.39, 0.29) is 0 Å². The molecule has 1 nitrogen and oxygen atoms in total. The quantitative estimate of drug-likeness (QED) is 0.729. The second kappa shape index (κ2) is 6.85. The molecule has 0 amide bonds. The number of hydrogen-bond donors (Lipinski definition) is 1. The lowest BCUT2D eigenvalue weighted by Gasteiger charge is -1.96. The van der Waals surface area contributed by atoms with Crippen LogP contribution in [0.15, 0.2) is 41.8 Å². The van der Waals surface area contributed by atoms with E-state index in [0.29, 0.717) is 5.75 Å². The fourth-order valence-corrected chi connectivity index (χ4v) is 3.14.